The smallest absolute Gasteiger partial charge is 0.0965 e. The number of ether oxygens (including phenoxy) is 1. The SMILES string of the molecule is CC1C=CC=C(OCCCO)C1. The van der Waals surface area contributed by atoms with E-state index in [1.54, 1.807) is 0 Å². The van der Waals surface area contributed by atoms with Crippen LogP contribution in [0.15, 0.2) is 24.0 Å². The molecule has 2 nitrogen and oxygen atoms in total. The average molecular weight is 168 g/mol. The summed E-state index contributed by atoms with van der Waals surface area (Å²) in [6.07, 6.45) is 7.90. The molecule has 0 radical (unpaired) electrons. The van der Waals surface area contributed by atoms with Crippen molar-refractivity contribution >= 4 is 0 Å². The van der Waals surface area contributed by atoms with Crippen molar-refractivity contribution in [3.8, 4) is 0 Å². The maximum absolute atomic E-state index is 8.53. The summed E-state index contributed by atoms with van der Waals surface area (Å²) in [4.78, 5) is 0. The van der Waals surface area contributed by atoms with Gasteiger partial charge in [0.1, 0.15) is 0 Å². The lowest BCUT2D eigenvalue weighted by atomic mass is 10.0. The van der Waals surface area contributed by atoms with E-state index >= 15 is 0 Å². The van der Waals surface area contributed by atoms with Crippen LogP contribution in [0.3, 0.4) is 0 Å². The van der Waals surface area contributed by atoms with Crippen LogP contribution in [0, 0.1) is 5.92 Å². The van der Waals surface area contributed by atoms with Crippen LogP contribution < -0.4 is 0 Å². The molecule has 68 valence electrons. The molecule has 2 heteroatoms. The highest BCUT2D eigenvalue weighted by atomic mass is 16.5. The number of hydrogen-bond acceptors (Lipinski definition) is 2. The Bertz CT molecular complexity index is 182. The van der Waals surface area contributed by atoms with E-state index in [0.29, 0.717) is 12.5 Å². The predicted molar refractivity (Wildman–Crippen MR) is 48.7 cm³/mol. The van der Waals surface area contributed by atoms with Crippen LogP contribution in [0.5, 0.6) is 0 Å². The minimum atomic E-state index is 0.207. The van der Waals surface area contributed by atoms with E-state index in [0.717, 1.165) is 18.6 Å². The topological polar surface area (TPSA) is 29.5 Å². The Hall–Kier alpha value is -0.760. The number of aliphatic hydroxyl groups excluding tert-OH is 1. The second-order valence-corrected chi connectivity index (χ2v) is 3.12. The van der Waals surface area contributed by atoms with Crippen LogP contribution in [0.1, 0.15) is 19.8 Å². The van der Waals surface area contributed by atoms with Gasteiger partial charge >= 0.3 is 0 Å². The fourth-order valence-electron chi connectivity index (χ4n) is 1.18. The quantitative estimate of drug-likeness (QED) is 0.649. The van der Waals surface area contributed by atoms with Gasteiger partial charge in [-0.1, -0.05) is 19.1 Å². The highest BCUT2D eigenvalue weighted by Gasteiger charge is 2.06. The van der Waals surface area contributed by atoms with Gasteiger partial charge in [0.25, 0.3) is 0 Å². The standard InChI is InChI=1S/C10H16O2/c1-9-4-2-5-10(8-9)12-7-3-6-11/h2,4-5,9,11H,3,6-8H2,1H3. The molecule has 0 spiro atoms. The third-order valence-corrected chi connectivity index (χ3v) is 1.83. The van der Waals surface area contributed by atoms with E-state index in [4.69, 9.17) is 9.84 Å². The van der Waals surface area contributed by atoms with Gasteiger partial charge in [0, 0.05) is 19.4 Å². The molecule has 0 aromatic carbocycles. The van der Waals surface area contributed by atoms with Crippen molar-refractivity contribution in [2.45, 2.75) is 19.8 Å². The van der Waals surface area contributed by atoms with Crippen LogP contribution in [0.4, 0.5) is 0 Å². The van der Waals surface area contributed by atoms with E-state index in [9.17, 15) is 0 Å². The van der Waals surface area contributed by atoms with Gasteiger partial charge < -0.3 is 9.84 Å². The van der Waals surface area contributed by atoms with Crippen molar-refractivity contribution in [3.05, 3.63) is 24.0 Å². The van der Waals surface area contributed by atoms with Crippen LogP contribution >= 0.6 is 0 Å². The molecule has 0 saturated heterocycles. The molecule has 0 aromatic heterocycles. The Morgan fingerprint density at radius 3 is 3.17 bits per heavy atom. The summed E-state index contributed by atoms with van der Waals surface area (Å²) in [5.74, 6) is 1.62. The number of allylic oxidation sites excluding steroid dienone is 4. The first-order valence-corrected chi connectivity index (χ1v) is 4.44. The summed E-state index contributed by atoms with van der Waals surface area (Å²) in [6.45, 7) is 3.00. The molecule has 12 heavy (non-hydrogen) atoms. The minimum Gasteiger partial charge on any atom is -0.498 e. The number of aliphatic hydroxyl groups is 1. The summed E-state index contributed by atoms with van der Waals surface area (Å²) in [5.41, 5.74) is 0. The fourth-order valence-corrected chi connectivity index (χ4v) is 1.18. The Morgan fingerprint density at radius 1 is 1.67 bits per heavy atom. The van der Waals surface area contributed by atoms with E-state index in [2.05, 4.69) is 13.0 Å². The molecule has 1 atom stereocenters. The van der Waals surface area contributed by atoms with Gasteiger partial charge in [-0.15, -0.1) is 0 Å². The zero-order valence-electron chi connectivity index (χ0n) is 7.49. The van der Waals surface area contributed by atoms with Gasteiger partial charge in [-0.3, -0.25) is 0 Å². The second-order valence-electron chi connectivity index (χ2n) is 3.12. The highest BCUT2D eigenvalue weighted by molar-refractivity contribution is 5.14. The van der Waals surface area contributed by atoms with Crippen molar-refractivity contribution < 1.29 is 9.84 Å². The molecule has 1 aliphatic rings. The molecule has 1 unspecified atom stereocenters. The first kappa shape index (κ1) is 9.33. The number of rotatable bonds is 4. The second kappa shape index (κ2) is 4.99. The minimum absolute atomic E-state index is 0.207. The van der Waals surface area contributed by atoms with E-state index in [1.165, 1.54) is 0 Å². The first-order valence-electron chi connectivity index (χ1n) is 4.44. The third kappa shape index (κ3) is 3.09. The molecule has 0 fully saturated rings. The lowest BCUT2D eigenvalue weighted by Crippen LogP contribution is -2.03. The van der Waals surface area contributed by atoms with Crippen LogP contribution in [-0.4, -0.2) is 18.3 Å². The van der Waals surface area contributed by atoms with Crippen LogP contribution in [-0.2, 0) is 4.74 Å². The molecular weight excluding hydrogens is 152 g/mol. The van der Waals surface area contributed by atoms with E-state index in [1.807, 2.05) is 12.2 Å². The molecule has 0 saturated carbocycles. The van der Waals surface area contributed by atoms with Crippen LogP contribution in [0.25, 0.3) is 0 Å². The normalized spacial score (nSPS) is 22.2. The summed E-state index contributed by atoms with van der Waals surface area (Å²) in [5, 5.41) is 8.53. The summed E-state index contributed by atoms with van der Waals surface area (Å²) in [7, 11) is 0. The average Bonchev–Trinajstić information content (AvgIpc) is 2.05. The summed E-state index contributed by atoms with van der Waals surface area (Å²) in [6, 6.07) is 0. The predicted octanol–water partition coefficient (Wildman–Crippen LogP) is 1.87. The molecule has 0 aliphatic heterocycles. The van der Waals surface area contributed by atoms with Gasteiger partial charge in [-0.25, -0.2) is 0 Å². The third-order valence-electron chi connectivity index (χ3n) is 1.83. The van der Waals surface area contributed by atoms with Gasteiger partial charge in [0.2, 0.25) is 0 Å². The lowest BCUT2D eigenvalue weighted by molar-refractivity contribution is 0.165. The molecule has 0 amide bonds. The molecule has 0 bridgehead atoms. The monoisotopic (exact) mass is 168 g/mol. The number of hydrogen-bond donors (Lipinski definition) is 1. The van der Waals surface area contributed by atoms with Gasteiger partial charge in [0.15, 0.2) is 0 Å². The molecule has 0 heterocycles. The van der Waals surface area contributed by atoms with Crippen molar-refractivity contribution in [2.75, 3.05) is 13.2 Å². The summed E-state index contributed by atoms with van der Waals surface area (Å²) < 4.78 is 5.44. The molecule has 1 N–H and O–H groups in total. The fraction of sp³-hybridized carbons (Fsp3) is 0.600. The molecule has 1 rings (SSSR count). The first-order chi connectivity index (χ1) is 5.83. The van der Waals surface area contributed by atoms with E-state index in [-0.39, 0.29) is 6.61 Å². The largest absolute Gasteiger partial charge is 0.498 e. The maximum Gasteiger partial charge on any atom is 0.0965 e. The van der Waals surface area contributed by atoms with Crippen LogP contribution in [0.2, 0.25) is 0 Å². The zero-order chi connectivity index (χ0) is 8.81. The highest BCUT2D eigenvalue weighted by Crippen LogP contribution is 2.18. The van der Waals surface area contributed by atoms with Gasteiger partial charge in [-0.2, -0.15) is 0 Å². The van der Waals surface area contributed by atoms with Crippen molar-refractivity contribution in [2.24, 2.45) is 5.92 Å². The molecular formula is C10H16O2. The van der Waals surface area contributed by atoms with Gasteiger partial charge in [0.05, 0.1) is 12.4 Å². The maximum atomic E-state index is 8.53. The zero-order valence-corrected chi connectivity index (χ0v) is 7.49. The molecule has 1 aliphatic carbocycles. The molecule has 0 aromatic rings. The van der Waals surface area contributed by atoms with Gasteiger partial charge in [-0.05, 0) is 12.0 Å². The van der Waals surface area contributed by atoms with Crippen molar-refractivity contribution in [3.63, 3.8) is 0 Å². The Morgan fingerprint density at radius 2 is 2.50 bits per heavy atom. The van der Waals surface area contributed by atoms with Crippen molar-refractivity contribution in [1.29, 1.82) is 0 Å². The van der Waals surface area contributed by atoms with Crippen molar-refractivity contribution in [1.82, 2.24) is 0 Å². The Balaban J connectivity index is 2.23. The Kier molecular flexibility index (Phi) is 3.88. The van der Waals surface area contributed by atoms with E-state index < -0.39 is 0 Å². The summed E-state index contributed by atoms with van der Waals surface area (Å²) >= 11 is 0. The lowest BCUT2D eigenvalue weighted by Gasteiger charge is -2.15. The Labute approximate surface area is 73.5 Å².